The molecule has 0 bridgehead atoms. The zero-order chi connectivity index (χ0) is 17.8. The summed E-state index contributed by atoms with van der Waals surface area (Å²) in [5.74, 6) is 0.0625. The van der Waals surface area contributed by atoms with Crippen molar-refractivity contribution in [3.05, 3.63) is 59.1 Å². The average Bonchev–Trinajstić information content (AvgIpc) is 2.63. The number of nitrogens with zero attached hydrogens (tertiary/aromatic N) is 2. The number of piperazine rings is 1. The topological polar surface area (TPSA) is 35.6 Å². The van der Waals surface area contributed by atoms with Crippen molar-refractivity contribution in [1.29, 1.82) is 0 Å². The van der Waals surface area contributed by atoms with Gasteiger partial charge in [0, 0.05) is 48.1 Å². The fourth-order valence-corrected chi connectivity index (χ4v) is 3.24. The third-order valence-electron chi connectivity index (χ3n) is 4.30. The van der Waals surface area contributed by atoms with Crippen molar-refractivity contribution in [3.8, 4) is 0 Å². The molecule has 0 aliphatic carbocycles. The maximum Gasteiger partial charge on any atom is 0.173 e. The summed E-state index contributed by atoms with van der Waals surface area (Å²) in [6.45, 7) is 5.10. The van der Waals surface area contributed by atoms with E-state index in [2.05, 4.69) is 15.1 Å². The molecular formula is C19H20ClN3OS. The summed E-state index contributed by atoms with van der Waals surface area (Å²) in [6.07, 6.45) is 0. The predicted molar refractivity (Wildman–Crippen MR) is 108 cm³/mol. The van der Waals surface area contributed by atoms with Crippen molar-refractivity contribution in [2.24, 2.45) is 0 Å². The Bertz CT molecular complexity index is 753. The van der Waals surface area contributed by atoms with Gasteiger partial charge in [-0.15, -0.1) is 0 Å². The van der Waals surface area contributed by atoms with Crippen molar-refractivity contribution in [1.82, 2.24) is 4.90 Å². The van der Waals surface area contributed by atoms with E-state index in [1.54, 1.807) is 6.92 Å². The van der Waals surface area contributed by atoms with Crippen LogP contribution in [0.15, 0.2) is 48.5 Å². The third kappa shape index (κ3) is 4.50. The fourth-order valence-electron chi connectivity index (χ4n) is 2.81. The Hall–Kier alpha value is -2.11. The van der Waals surface area contributed by atoms with Gasteiger partial charge in [0.25, 0.3) is 0 Å². The molecule has 1 fully saturated rings. The van der Waals surface area contributed by atoms with Gasteiger partial charge in [-0.2, -0.15) is 0 Å². The minimum Gasteiger partial charge on any atom is -0.368 e. The Morgan fingerprint density at radius 2 is 1.60 bits per heavy atom. The number of ketones is 1. The maximum atomic E-state index is 11.3. The Labute approximate surface area is 158 Å². The van der Waals surface area contributed by atoms with Crippen LogP contribution in [0.3, 0.4) is 0 Å². The normalized spacial score (nSPS) is 14.3. The van der Waals surface area contributed by atoms with E-state index >= 15 is 0 Å². The molecule has 25 heavy (non-hydrogen) atoms. The standard InChI is InChI=1S/C19H20ClN3OS/c1-14(24)15-2-6-17(7-3-15)21-19(25)23-12-10-22(11-13-23)18-8-4-16(20)5-9-18/h2-9H,10-13H2,1H3,(H,21,25). The van der Waals surface area contributed by atoms with Crippen LogP contribution in [0.1, 0.15) is 17.3 Å². The molecule has 2 aromatic carbocycles. The molecule has 4 nitrogen and oxygen atoms in total. The Kier molecular flexibility index (Phi) is 5.56. The first-order chi connectivity index (χ1) is 12.0. The minimum atomic E-state index is 0.0625. The molecule has 130 valence electrons. The summed E-state index contributed by atoms with van der Waals surface area (Å²) in [5, 5.41) is 4.72. The number of hydrogen-bond acceptors (Lipinski definition) is 3. The van der Waals surface area contributed by atoms with Crippen LogP contribution in [0.2, 0.25) is 5.02 Å². The van der Waals surface area contributed by atoms with Gasteiger partial charge in [-0.25, -0.2) is 0 Å². The van der Waals surface area contributed by atoms with Crippen molar-refractivity contribution < 1.29 is 4.79 Å². The number of carbonyl (C=O) groups excluding carboxylic acids is 1. The molecule has 2 aromatic rings. The van der Waals surface area contributed by atoms with Gasteiger partial charge in [-0.1, -0.05) is 11.6 Å². The second-order valence-corrected chi connectivity index (χ2v) is 6.84. The predicted octanol–water partition coefficient (Wildman–Crippen LogP) is 4.06. The monoisotopic (exact) mass is 373 g/mol. The van der Waals surface area contributed by atoms with E-state index in [9.17, 15) is 4.79 Å². The first-order valence-electron chi connectivity index (χ1n) is 8.20. The Balaban J connectivity index is 1.54. The zero-order valence-electron chi connectivity index (χ0n) is 14.0. The fraction of sp³-hybridized carbons (Fsp3) is 0.263. The smallest absolute Gasteiger partial charge is 0.173 e. The molecule has 0 atom stereocenters. The highest BCUT2D eigenvalue weighted by atomic mass is 35.5. The maximum absolute atomic E-state index is 11.3. The molecule has 1 heterocycles. The van der Waals surface area contributed by atoms with E-state index in [4.69, 9.17) is 23.8 Å². The summed E-state index contributed by atoms with van der Waals surface area (Å²) in [6, 6.07) is 15.3. The van der Waals surface area contributed by atoms with Crippen LogP contribution in [-0.4, -0.2) is 42.0 Å². The molecule has 1 N–H and O–H groups in total. The van der Waals surface area contributed by atoms with Gasteiger partial charge in [0.05, 0.1) is 0 Å². The number of halogens is 1. The molecule has 0 saturated carbocycles. The second-order valence-electron chi connectivity index (χ2n) is 6.01. The lowest BCUT2D eigenvalue weighted by Crippen LogP contribution is -2.50. The van der Waals surface area contributed by atoms with E-state index in [0.717, 1.165) is 36.9 Å². The number of thiocarbonyl (C=S) groups is 1. The number of rotatable bonds is 3. The van der Waals surface area contributed by atoms with E-state index in [1.807, 2.05) is 48.5 Å². The summed E-state index contributed by atoms with van der Waals surface area (Å²) in [4.78, 5) is 15.8. The summed E-state index contributed by atoms with van der Waals surface area (Å²) in [7, 11) is 0. The van der Waals surface area contributed by atoms with E-state index in [1.165, 1.54) is 5.69 Å². The highest BCUT2D eigenvalue weighted by Crippen LogP contribution is 2.20. The molecule has 3 rings (SSSR count). The van der Waals surface area contributed by atoms with Crippen LogP contribution < -0.4 is 10.2 Å². The van der Waals surface area contributed by atoms with Crippen LogP contribution >= 0.6 is 23.8 Å². The van der Waals surface area contributed by atoms with Gasteiger partial charge in [0.2, 0.25) is 0 Å². The number of Topliss-reactive ketones (excluding diaryl/α,β-unsaturated/α-hetero) is 1. The summed E-state index contributed by atoms with van der Waals surface area (Å²) >= 11 is 11.5. The molecule has 0 unspecified atom stereocenters. The molecule has 0 radical (unpaired) electrons. The van der Waals surface area contributed by atoms with E-state index < -0.39 is 0 Å². The van der Waals surface area contributed by atoms with Crippen LogP contribution in [0, 0.1) is 0 Å². The molecule has 0 spiro atoms. The number of carbonyl (C=O) groups is 1. The number of anilines is 2. The minimum absolute atomic E-state index is 0.0625. The molecule has 6 heteroatoms. The van der Waals surface area contributed by atoms with Gasteiger partial charge in [0.1, 0.15) is 0 Å². The van der Waals surface area contributed by atoms with Crippen molar-refractivity contribution in [2.75, 3.05) is 36.4 Å². The highest BCUT2D eigenvalue weighted by molar-refractivity contribution is 7.80. The lowest BCUT2D eigenvalue weighted by atomic mass is 10.1. The lowest BCUT2D eigenvalue weighted by molar-refractivity contribution is 0.101. The van der Waals surface area contributed by atoms with Gasteiger partial charge in [-0.3, -0.25) is 4.79 Å². The third-order valence-corrected chi connectivity index (χ3v) is 4.91. The summed E-state index contributed by atoms with van der Waals surface area (Å²) in [5.41, 5.74) is 2.78. The van der Waals surface area contributed by atoms with E-state index in [0.29, 0.717) is 10.7 Å². The zero-order valence-corrected chi connectivity index (χ0v) is 15.6. The quantitative estimate of drug-likeness (QED) is 0.648. The van der Waals surface area contributed by atoms with Crippen LogP contribution in [0.5, 0.6) is 0 Å². The average molecular weight is 374 g/mol. The Morgan fingerprint density at radius 1 is 1.00 bits per heavy atom. The van der Waals surface area contributed by atoms with Crippen molar-refractivity contribution in [2.45, 2.75) is 6.92 Å². The number of nitrogens with one attached hydrogen (secondary N) is 1. The first-order valence-corrected chi connectivity index (χ1v) is 8.99. The highest BCUT2D eigenvalue weighted by Gasteiger charge is 2.19. The van der Waals surface area contributed by atoms with E-state index in [-0.39, 0.29) is 5.78 Å². The van der Waals surface area contributed by atoms with Crippen molar-refractivity contribution >= 4 is 46.1 Å². The van der Waals surface area contributed by atoms with Gasteiger partial charge < -0.3 is 15.1 Å². The Morgan fingerprint density at radius 3 is 2.16 bits per heavy atom. The molecule has 0 amide bonds. The van der Waals surface area contributed by atoms with Gasteiger partial charge >= 0.3 is 0 Å². The lowest BCUT2D eigenvalue weighted by Gasteiger charge is -2.37. The molecular weight excluding hydrogens is 354 g/mol. The van der Waals surface area contributed by atoms with Crippen molar-refractivity contribution in [3.63, 3.8) is 0 Å². The molecule has 0 aromatic heterocycles. The molecule has 1 aliphatic heterocycles. The van der Waals surface area contributed by atoms with Crippen LogP contribution in [0.25, 0.3) is 0 Å². The second kappa shape index (κ2) is 7.85. The van der Waals surface area contributed by atoms with Gasteiger partial charge in [0.15, 0.2) is 10.9 Å². The molecule has 1 aliphatic rings. The first kappa shape index (κ1) is 17.7. The van der Waals surface area contributed by atoms with Crippen LogP contribution in [0.4, 0.5) is 11.4 Å². The SMILES string of the molecule is CC(=O)c1ccc(NC(=S)N2CCN(c3ccc(Cl)cc3)CC2)cc1. The van der Waals surface area contributed by atoms with Gasteiger partial charge in [-0.05, 0) is 67.7 Å². The number of hydrogen-bond donors (Lipinski definition) is 1. The molecule has 1 saturated heterocycles. The summed E-state index contributed by atoms with van der Waals surface area (Å²) < 4.78 is 0. The number of benzene rings is 2. The van der Waals surface area contributed by atoms with Crippen LogP contribution in [-0.2, 0) is 0 Å². The largest absolute Gasteiger partial charge is 0.368 e.